The predicted octanol–water partition coefficient (Wildman–Crippen LogP) is 4.80. The van der Waals surface area contributed by atoms with E-state index in [4.69, 9.17) is 4.74 Å². The first-order valence-electron chi connectivity index (χ1n) is 12.5. The zero-order valence-electron chi connectivity index (χ0n) is 20.4. The predicted molar refractivity (Wildman–Crippen MR) is 133 cm³/mol. The van der Waals surface area contributed by atoms with E-state index in [0.717, 1.165) is 17.5 Å². The smallest absolute Gasteiger partial charge is 0.407 e. The van der Waals surface area contributed by atoms with Gasteiger partial charge in [0.15, 0.2) is 0 Å². The summed E-state index contributed by atoms with van der Waals surface area (Å²) in [5.41, 5.74) is 4.65. The lowest BCUT2D eigenvalue weighted by Gasteiger charge is -2.37. The summed E-state index contributed by atoms with van der Waals surface area (Å²) in [5, 5.41) is 12.2. The highest BCUT2D eigenvalue weighted by atomic mass is 16.5. The lowest BCUT2D eigenvalue weighted by Crippen LogP contribution is -2.48. The fourth-order valence-corrected chi connectivity index (χ4v) is 5.48. The van der Waals surface area contributed by atoms with E-state index >= 15 is 0 Å². The number of carboxylic acid groups (broad SMARTS) is 1. The molecule has 1 saturated heterocycles. The Hall–Kier alpha value is -3.35. The Morgan fingerprint density at radius 1 is 1.09 bits per heavy atom. The molecule has 1 unspecified atom stereocenters. The minimum absolute atomic E-state index is 0.0178. The quantitative estimate of drug-likeness (QED) is 0.568. The highest BCUT2D eigenvalue weighted by molar-refractivity contribution is 5.80. The number of likely N-dealkylation sites (tertiary alicyclic amines) is 1. The van der Waals surface area contributed by atoms with Gasteiger partial charge in [0.25, 0.3) is 0 Å². The van der Waals surface area contributed by atoms with Gasteiger partial charge in [-0.3, -0.25) is 9.59 Å². The maximum absolute atomic E-state index is 13.0. The Morgan fingerprint density at radius 3 is 2.29 bits per heavy atom. The van der Waals surface area contributed by atoms with Crippen LogP contribution in [0.25, 0.3) is 11.1 Å². The molecule has 2 aromatic rings. The van der Waals surface area contributed by atoms with Crippen molar-refractivity contribution in [3.05, 3.63) is 59.7 Å². The van der Waals surface area contributed by atoms with E-state index in [9.17, 15) is 19.5 Å². The third kappa shape index (κ3) is 5.50. The van der Waals surface area contributed by atoms with Crippen LogP contribution in [0.15, 0.2) is 48.5 Å². The lowest BCUT2D eigenvalue weighted by atomic mass is 9.91. The van der Waals surface area contributed by atoms with Crippen LogP contribution in [-0.2, 0) is 14.3 Å². The number of benzene rings is 2. The third-order valence-corrected chi connectivity index (χ3v) is 7.27. The number of carbonyl (C=O) groups excluding carboxylic acids is 2. The normalized spacial score (nSPS) is 20.0. The molecular weight excluding hydrogens is 444 g/mol. The van der Waals surface area contributed by atoms with Crippen molar-refractivity contribution >= 4 is 18.0 Å². The Balaban J connectivity index is 1.34. The van der Waals surface area contributed by atoms with Crippen LogP contribution in [-0.4, -0.2) is 53.2 Å². The van der Waals surface area contributed by atoms with Crippen molar-refractivity contribution < 1.29 is 24.2 Å². The number of fused-ring (bicyclic) bond motifs is 3. The number of rotatable bonds is 8. The van der Waals surface area contributed by atoms with E-state index in [1.54, 1.807) is 4.90 Å². The Bertz CT molecular complexity index is 1040. The summed E-state index contributed by atoms with van der Waals surface area (Å²) in [4.78, 5) is 38.7. The monoisotopic (exact) mass is 478 g/mol. The Morgan fingerprint density at radius 2 is 1.71 bits per heavy atom. The molecule has 1 aliphatic heterocycles. The molecule has 7 heteroatoms. The zero-order valence-corrected chi connectivity index (χ0v) is 20.4. The van der Waals surface area contributed by atoms with Crippen LogP contribution < -0.4 is 5.32 Å². The van der Waals surface area contributed by atoms with Gasteiger partial charge in [0.05, 0.1) is 5.92 Å². The number of carboxylic acids is 1. The van der Waals surface area contributed by atoms with Gasteiger partial charge in [-0.1, -0.05) is 61.9 Å². The fraction of sp³-hybridized carbons (Fsp3) is 0.464. The van der Waals surface area contributed by atoms with E-state index in [2.05, 4.69) is 29.6 Å². The molecule has 35 heavy (non-hydrogen) atoms. The van der Waals surface area contributed by atoms with Crippen LogP contribution in [0.1, 0.15) is 63.0 Å². The van der Waals surface area contributed by atoms with Crippen molar-refractivity contribution in [2.45, 2.75) is 64.0 Å². The van der Waals surface area contributed by atoms with Gasteiger partial charge in [-0.05, 0) is 48.4 Å². The topological polar surface area (TPSA) is 95.9 Å². The third-order valence-electron chi connectivity index (χ3n) is 7.27. The number of hydrogen-bond acceptors (Lipinski definition) is 4. The van der Waals surface area contributed by atoms with E-state index < -0.39 is 18.0 Å². The fourth-order valence-electron chi connectivity index (χ4n) is 5.48. The molecule has 3 atom stereocenters. The van der Waals surface area contributed by atoms with E-state index in [1.165, 1.54) is 11.1 Å². The second-order valence-electron chi connectivity index (χ2n) is 9.66. The number of hydrogen-bond donors (Lipinski definition) is 2. The number of nitrogens with zero attached hydrogens (tertiary/aromatic N) is 1. The first-order chi connectivity index (χ1) is 16.9. The second kappa shape index (κ2) is 10.9. The van der Waals surface area contributed by atoms with Crippen LogP contribution in [0.3, 0.4) is 0 Å². The molecule has 0 bridgehead atoms. The largest absolute Gasteiger partial charge is 0.481 e. The van der Waals surface area contributed by atoms with Crippen molar-refractivity contribution in [2.75, 3.05) is 13.2 Å². The molecule has 1 heterocycles. The summed E-state index contributed by atoms with van der Waals surface area (Å²) in [5.74, 6) is -1.28. The highest BCUT2D eigenvalue weighted by Gasteiger charge is 2.33. The molecular formula is C28H34N2O5. The summed E-state index contributed by atoms with van der Waals surface area (Å²) >= 11 is 0. The summed E-state index contributed by atoms with van der Waals surface area (Å²) in [6, 6.07) is 15.9. The highest BCUT2D eigenvalue weighted by Crippen LogP contribution is 2.44. The SMILES string of the molecule is CCCC(CC(=O)N1CC[C@H](C(=O)O)C[C@@H]1C)NC(=O)OCC1c2ccccc2-c2ccccc21. The number of ether oxygens (including phenoxy) is 1. The van der Waals surface area contributed by atoms with Gasteiger partial charge in [-0.2, -0.15) is 0 Å². The van der Waals surface area contributed by atoms with E-state index in [-0.39, 0.29) is 36.9 Å². The Kier molecular flexibility index (Phi) is 7.73. The standard InChI is InChI=1S/C28H34N2O5/c1-3-8-20(16-26(31)30-14-13-19(27(32)33)15-18(30)2)29-28(34)35-17-25-23-11-6-4-9-21(23)22-10-5-7-12-24(22)25/h4-7,9-12,18-20,25H,3,8,13-17H2,1-2H3,(H,29,34)(H,32,33)/t18-,19-,20?/m0/s1. The lowest BCUT2D eigenvalue weighted by molar-refractivity contribution is -0.147. The molecule has 0 spiro atoms. The van der Waals surface area contributed by atoms with Crippen LogP contribution in [0.4, 0.5) is 4.79 Å². The molecule has 4 rings (SSSR count). The molecule has 7 nitrogen and oxygen atoms in total. The molecule has 186 valence electrons. The van der Waals surface area contributed by atoms with Gasteiger partial charge in [-0.15, -0.1) is 0 Å². The molecule has 0 radical (unpaired) electrons. The zero-order chi connectivity index (χ0) is 24.9. The molecule has 2 aliphatic rings. The van der Waals surface area contributed by atoms with Crippen molar-refractivity contribution in [2.24, 2.45) is 5.92 Å². The summed E-state index contributed by atoms with van der Waals surface area (Å²) in [7, 11) is 0. The Labute approximate surface area is 206 Å². The molecule has 1 aliphatic carbocycles. The van der Waals surface area contributed by atoms with Crippen LogP contribution in [0, 0.1) is 5.92 Å². The van der Waals surface area contributed by atoms with Gasteiger partial charge in [0.1, 0.15) is 6.61 Å². The number of nitrogens with one attached hydrogen (secondary N) is 1. The summed E-state index contributed by atoms with van der Waals surface area (Å²) < 4.78 is 5.66. The summed E-state index contributed by atoms with van der Waals surface area (Å²) in [6.07, 6.45) is 2.06. The number of carbonyl (C=O) groups is 3. The second-order valence-corrected chi connectivity index (χ2v) is 9.66. The minimum atomic E-state index is -0.801. The van der Waals surface area contributed by atoms with Crippen molar-refractivity contribution in [1.82, 2.24) is 10.2 Å². The average molecular weight is 479 g/mol. The van der Waals surface area contributed by atoms with Gasteiger partial charge in [0, 0.05) is 31.0 Å². The molecule has 1 fully saturated rings. The van der Waals surface area contributed by atoms with E-state index in [1.807, 2.05) is 38.1 Å². The molecule has 0 aromatic heterocycles. The molecule has 2 aromatic carbocycles. The van der Waals surface area contributed by atoms with Crippen molar-refractivity contribution in [3.63, 3.8) is 0 Å². The van der Waals surface area contributed by atoms with Crippen molar-refractivity contribution in [3.8, 4) is 11.1 Å². The van der Waals surface area contributed by atoms with Gasteiger partial charge in [0.2, 0.25) is 5.91 Å². The molecule has 0 saturated carbocycles. The summed E-state index contributed by atoms with van der Waals surface area (Å²) in [6.45, 7) is 4.56. The van der Waals surface area contributed by atoms with Gasteiger partial charge < -0.3 is 20.1 Å². The molecule has 2 amide bonds. The number of aliphatic carboxylic acids is 1. The number of piperidine rings is 1. The average Bonchev–Trinajstić information content (AvgIpc) is 3.16. The first kappa shape index (κ1) is 24.8. The minimum Gasteiger partial charge on any atom is -0.481 e. The van der Waals surface area contributed by atoms with E-state index in [0.29, 0.717) is 25.8 Å². The van der Waals surface area contributed by atoms with Crippen LogP contribution in [0.5, 0.6) is 0 Å². The van der Waals surface area contributed by atoms with Gasteiger partial charge >= 0.3 is 12.1 Å². The maximum Gasteiger partial charge on any atom is 0.407 e. The van der Waals surface area contributed by atoms with Crippen LogP contribution in [0.2, 0.25) is 0 Å². The van der Waals surface area contributed by atoms with Gasteiger partial charge in [-0.25, -0.2) is 4.79 Å². The number of amides is 2. The maximum atomic E-state index is 13.0. The van der Waals surface area contributed by atoms with Crippen molar-refractivity contribution in [1.29, 1.82) is 0 Å². The van der Waals surface area contributed by atoms with Crippen LogP contribution >= 0.6 is 0 Å². The number of alkyl carbamates (subject to hydrolysis) is 1. The first-order valence-corrected chi connectivity index (χ1v) is 12.5. The molecule has 2 N–H and O–H groups in total.